The van der Waals surface area contributed by atoms with E-state index in [2.05, 4.69) is 27.2 Å². The summed E-state index contributed by atoms with van der Waals surface area (Å²) in [5.74, 6) is -0.0878. The van der Waals surface area contributed by atoms with Gasteiger partial charge >= 0.3 is 0 Å². The van der Waals surface area contributed by atoms with E-state index in [9.17, 15) is 9.90 Å². The summed E-state index contributed by atoms with van der Waals surface area (Å²) >= 11 is 12.3. The molecule has 0 spiro atoms. The fourth-order valence-corrected chi connectivity index (χ4v) is 5.51. The van der Waals surface area contributed by atoms with E-state index in [1.54, 1.807) is 23.1 Å². The van der Waals surface area contributed by atoms with E-state index in [1.807, 2.05) is 42.5 Å². The number of anilines is 1. The van der Waals surface area contributed by atoms with Gasteiger partial charge in [-0.2, -0.15) is 0 Å². The lowest BCUT2D eigenvalue weighted by molar-refractivity contribution is 0.0423. The van der Waals surface area contributed by atoms with Crippen molar-refractivity contribution in [3.8, 4) is 0 Å². The van der Waals surface area contributed by atoms with E-state index in [-0.39, 0.29) is 11.9 Å². The number of nitrogens with one attached hydrogen (secondary N) is 1. The van der Waals surface area contributed by atoms with Crippen molar-refractivity contribution >= 4 is 34.8 Å². The van der Waals surface area contributed by atoms with Crippen LogP contribution in [-0.4, -0.2) is 77.1 Å². The SMILES string of the molecule is O=C(c1ccc(Cl)cc1NCc1ccccc1)N1CC(N2CCN(Cc3ccc(Cl)cc3)CC2)[C@H](O)C1. The molecule has 5 rings (SSSR count). The topological polar surface area (TPSA) is 59.1 Å². The number of amides is 1. The summed E-state index contributed by atoms with van der Waals surface area (Å²) in [5, 5.41) is 15.6. The molecule has 0 bridgehead atoms. The lowest BCUT2D eigenvalue weighted by Crippen LogP contribution is -2.53. The van der Waals surface area contributed by atoms with E-state index in [0.717, 1.165) is 43.3 Å². The zero-order chi connectivity index (χ0) is 25.8. The Balaban J connectivity index is 1.19. The molecule has 6 nitrogen and oxygen atoms in total. The largest absolute Gasteiger partial charge is 0.390 e. The Bertz CT molecular complexity index is 1200. The van der Waals surface area contributed by atoms with Crippen molar-refractivity contribution in [2.45, 2.75) is 25.2 Å². The summed E-state index contributed by atoms with van der Waals surface area (Å²) in [6, 6.07) is 23.3. The number of rotatable bonds is 7. The number of hydrogen-bond donors (Lipinski definition) is 2. The number of carbonyl (C=O) groups is 1. The molecule has 0 aromatic heterocycles. The van der Waals surface area contributed by atoms with E-state index in [1.165, 1.54) is 5.56 Å². The van der Waals surface area contributed by atoms with E-state index < -0.39 is 6.10 Å². The minimum Gasteiger partial charge on any atom is -0.390 e. The number of hydrogen-bond acceptors (Lipinski definition) is 5. The van der Waals surface area contributed by atoms with Crippen molar-refractivity contribution in [1.29, 1.82) is 0 Å². The Labute approximate surface area is 228 Å². The van der Waals surface area contributed by atoms with Crippen LogP contribution >= 0.6 is 23.2 Å². The fourth-order valence-electron chi connectivity index (χ4n) is 5.21. The number of piperazine rings is 1. The van der Waals surface area contributed by atoms with Crippen molar-refractivity contribution in [2.24, 2.45) is 0 Å². The number of aliphatic hydroxyl groups excluding tert-OH is 1. The molecule has 0 saturated carbocycles. The second kappa shape index (κ2) is 11.8. The van der Waals surface area contributed by atoms with Gasteiger partial charge in [0.1, 0.15) is 0 Å². The second-order valence-corrected chi connectivity index (χ2v) is 10.7. The van der Waals surface area contributed by atoms with Gasteiger partial charge in [0, 0.05) is 68.1 Å². The van der Waals surface area contributed by atoms with Gasteiger partial charge in [-0.3, -0.25) is 14.6 Å². The predicted molar refractivity (Wildman–Crippen MR) is 149 cm³/mol. The molecule has 2 fully saturated rings. The second-order valence-electron chi connectivity index (χ2n) is 9.81. The molecule has 2 aliphatic heterocycles. The van der Waals surface area contributed by atoms with Crippen LogP contribution in [-0.2, 0) is 13.1 Å². The average Bonchev–Trinajstić information content (AvgIpc) is 3.31. The molecule has 0 radical (unpaired) electrons. The molecule has 194 valence electrons. The van der Waals surface area contributed by atoms with E-state index in [4.69, 9.17) is 23.2 Å². The van der Waals surface area contributed by atoms with Crippen LogP contribution in [0, 0.1) is 0 Å². The molecule has 2 heterocycles. The Kier molecular flexibility index (Phi) is 8.33. The van der Waals surface area contributed by atoms with Gasteiger partial charge in [-0.1, -0.05) is 65.7 Å². The monoisotopic (exact) mass is 538 g/mol. The molecule has 3 aromatic carbocycles. The molecular weight excluding hydrogens is 507 g/mol. The first-order chi connectivity index (χ1) is 18.0. The van der Waals surface area contributed by atoms with Crippen molar-refractivity contribution in [2.75, 3.05) is 44.6 Å². The maximum atomic E-state index is 13.5. The number of benzene rings is 3. The highest BCUT2D eigenvalue weighted by molar-refractivity contribution is 6.31. The molecule has 2 saturated heterocycles. The lowest BCUT2D eigenvalue weighted by Gasteiger charge is -2.38. The minimum absolute atomic E-state index is 0.0605. The van der Waals surface area contributed by atoms with Crippen LogP contribution in [0.3, 0.4) is 0 Å². The van der Waals surface area contributed by atoms with Crippen LogP contribution in [0.1, 0.15) is 21.5 Å². The summed E-state index contributed by atoms with van der Waals surface area (Å²) in [7, 11) is 0. The van der Waals surface area contributed by atoms with Crippen LogP contribution in [0.2, 0.25) is 10.0 Å². The Morgan fingerprint density at radius 3 is 2.30 bits per heavy atom. The first-order valence-electron chi connectivity index (χ1n) is 12.7. The smallest absolute Gasteiger partial charge is 0.256 e. The van der Waals surface area contributed by atoms with Gasteiger partial charge in [0.15, 0.2) is 0 Å². The predicted octanol–water partition coefficient (Wildman–Crippen LogP) is 4.61. The number of likely N-dealkylation sites (tertiary alicyclic amines) is 1. The van der Waals surface area contributed by atoms with E-state index in [0.29, 0.717) is 35.9 Å². The van der Waals surface area contributed by atoms with Crippen molar-refractivity contribution in [1.82, 2.24) is 14.7 Å². The maximum absolute atomic E-state index is 13.5. The zero-order valence-corrected chi connectivity index (χ0v) is 22.2. The van der Waals surface area contributed by atoms with Crippen LogP contribution in [0.4, 0.5) is 5.69 Å². The lowest BCUT2D eigenvalue weighted by atomic mass is 10.1. The number of β-amino-alcohol motifs (C(OH)–C–C–N with tert-alkyl or cyclic N) is 1. The average molecular weight is 540 g/mol. The van der Waals surface area contributed by atoms with Gasteiger partial charge in [-0.05, 0) is 41.5 Å². The number of nitrogens with zero attached hydrogens (tertiary/aromatic N) is 3. The first kappa shape index (κ1) is 26.0. The van der Waals surface area contributed by atoms with Gasteiger partial charge in [-0.15, -0.1) is 0 Å². The summed E-state index contributed by atoms with van der Waals surface area (Å²) in [6.07, 6.45) is -0.570. The van der Waals surface area contributed by atoms with Gasteiger partial charge in [-0.25, -0.2) is 0 Å². The fraction of sp³-hybridized carbons (Fsp3) is 0.345. The molecule has 1 amide bonds. The number of halogens is 2. The summed E-state index contributed by atoms with van der Waals surface area (Å²) in [4.78, 5) is 20.1. The molecular formula is C29H32Cl2N4O2. The first-order valence-corrected chi connectivity index (χ1v) is 13.5. The molecule has 8 heteroatoms. The number of carbonyl (C=O) groups excluding carboxylic acids is 1. The van der Waals surface area contributed by atoms with Crippen molar-refractivity contribution in [3.63, 3.8) is 0 Å². The van der Waals surface area contributed by atoms with Gasteiger partial charge in [0.25, 0.3) is 5.91 Å². The maximum Gasteiger partial charge on any atom is 0.256 e. The van der Waals surface area contributed by atoms with Crippen LogP contribution in [0.5, 0.6) is 0 Å². The van der Waals surface area contributed by atoms with Gasteiger partial charge < -0.3 is 15.3 Å². The molecule has 1 unspecified atom stereocenters. The normalized spacial score (nSPS) is 20.8. The Morgan fingerprint density at radius 2 is 1.57 bits per heavy atom. The molecule has 3 aromatic rings. The molecule has 2 atom stereocenters. The third-order valence-electron chi connectivity index (χ3n) is 7.28. The van der Waals surface area contributed by atoms with Crippen LogP contribution in [0.25, 0.3) is 0 Å². The molecule has 37 heavy (non-hydrogen) atoms. The third kappa shape index (κ3) is 6.46. The standard InChI is InChI=1S/C29H32Cl2N4O2/c30-23-8-6-22(7-9-23)18-33-12-14-34(15-13-33)27-19-35(20-28(27)36)29(37)25-11-10-24(31)16-26(25)32-17-21-4-2-1-3-5-21/h1-11,16,27-28,32,36H,12-15,17-20H2/t27?,28-/m1/s1. The summed E-state index contributed by atoms with van der Waals surface area (Å²) in [5.41, 5.74) is 3.64. The Hall–Kier alpha value is -2.61. The van der Waals surface area contributed by atoms with Crippen LogP contribution in [0.15, 0.2) is 72.8 Å². The molecule has 2 aliphatic rings. The highest BCUT2D eigenvalue weighted by Gasteiger charge is 2.39. The summed E-state index contributed by atoms with van der Waals surface area (Å²) < 4.78 is 0. The zero-order valence-electron chi connectivity index (χ0n) is 20.7. The van der Waals surface area contributed by atoms with Crippen molar-refractivity contribution in [3.05, 3.63) is 99.5 Å². The van der Waals surface area contributed by atoms with E-state index >= 15 is 0 Å². The summed E-state index contributed by atoms with van der Waals surface area (Å²) in [6.45, 7) is 5.89. The highest BCUT2D eigenvalue weighted by atomic mass is 35.5. The highest BCUT2D eigenvalue weighted by Crippen LogP contribution is 2.27. The van der Waals surface area contributed by atoms with Gasteiger partial charge in [0.2, 0.25) is 0 Å². The van der Waals surface area contributed by atoms with Crippen molar-refractivity contribution < 1.29 is 9.90 Å². The number of aliphatic hydroxyl groups is 1. The molecule has 0 aliphatic carbocycles. The quantitative estimate of drug-likeness (QED) is 0.460. The Morgan fingerprint density at radius 1 is 0.865 bits per heavy atom. The molecule has 2 N–H and O–H groups in total. The minimum atomic E-state index is -0.570. The van der Waals surface area contributed by atoms with Crippen LogP contribution < -0.4 is 5.32 Å². The third-order valence-corrected chi connectivity index (χ3v) is 7.77. The van der Waals surface area contributed by atoms with Gasteiger partial charge in [0.05, 0.1) is 17.7 Å².